The van der Waals surface area contributed by atoms with Gasteiger partial charge in [-0.3, -0.25) is 9.59 Å². The first-order valence-electron chi connectivity index (χ1n) is 6.15. The van der Waals surface area contributed by atoms with Gasteiger partial charge in [-0.05, 0) is 26.3 Å². The molecular formula is C14H19N3O2. The lowest BCUT2D eigenvalue weighted by atomic mass is 10.2. The molecular weight excluding hydrogens is 242 g/mol. The second-order valence-corrected chi connectivity index (χ2v) is 4.61. The van der Waals surface area contributed by atoms with Crippen molar-refractivity contribution < 1.29 is 9.59 Å². The van der Waals surface area contributed by atoms with Gasteiger partial charge in [0.15, 0.2) is 0 Å². The van der Waals surface area contributed by atoms with Gasteiger partial charge in [0.1, 0.15) is 6.42 Å². The number of aryl methyl sites for hydroxylation is 1. The van der Waals surface area contributed by atoms with E-state index in [4.69, 9.17) is 0 Å². The number of carbonyl (C=O) groups is 2. The Morgan fingerprint density at radius 2 is 2.05 bits per heavy atom. The number of hydrogen-bond donors (Lipinski definition) is 2. The molecule has 19 heavy (non-hydrogen) atoms. The monoisotopic (exact) mass is 261 g/mol. The first-order chi connectivity index (χ1) is 8.97. The van der Waals surface area contributed by atoms with E-state index in [0.717, 1.165) is 11.1 Å². The van der Waals surface area contributed by atoms with Crippen molar-refractivity contribution in [3.05, 3.63) is 35.4 Å². The Morgan fingerprint density at radius 1 is 1.32 bits per heavy atom. The fraction of sp³-hybridized carbons (Fsp3) is 0.357. The number of rotatable bonds is 5. The number of hydrazone groups is 1. The van der Waals surface area contributed by atoms with Crippen LogP contribution in [0.1, 0.15) is 31.4 Å². The molecule has 0 aliphatic carbocycles. The van der Waals surface area contributed by atoms with Gasteiger partial charge in [-0.1, -0.05) is 29.8 Å². The van der Waals surface area contributed by atoms with Crippen molar-refractivity contribution in [2.75, 3.05) is 0 Å². The summed E-state index contributed by atoms with van der Waals surface area (Å²) in [6.45, 7) is 5.66. The normalized spacial score (nSPS) is 10.7. The molecule has 0 bridgehead atoms. The van der Waals surface area contributed by atoms with Crippen LogP contribution in [0.25, 0.3) is 0 Å². The summed E-state index contributed by atoms with van der Waals surface area (Å²) in [6, 6.07) is 7.74. The zero-order valence-electron chi connectivity index (χ0n) is 11.4. The molecule has 0 heterocycles. The fourth-order valence-corrected chi connectivity index (χ4v) is 1.49. The second kappa shape index (κ2) is 7.31. The summed E-state index contributed by atoms with van der Waals surface area (Å²) in [4.78, 5) is 22.7. The Morgan fingerprint density at radius 3 is 2.68 bits per heavy atom. The SMILES string of the molecule is Cc1cccc(/C=N/NC(=O)CC(=O)NC(C)C)c1. The highest BCUT2D eigenvalue weighted by molar-refractivity contribution is 5.97. The van der Waals surface area contributed by atoms with E-state index in [2.05, 4.69) is 15.8 Å². The molecule has 5 nitrogen and oxygen atoms in total. The van der Waals surface area contributed by atoms with Crippen LogP contribution in [0.4, 0.5) is 0 Å². The molecule has 0 unspecified atom stereocenters. The van der Waals surface area contributed by atoms with E-state index < -0.39 is 5.91 Å². The van der Waals surface area contributed by atoms with Crippen LogP contribution in [0.2, 0.25) is 0 Å². The Bertz CT molecular complexity index is 481. The zero-order valence-corrected chi connectivity index (χ0v) is 11.4. The first kappa shape index (κ1) is 14.9. The Labute approximate surface area is 113 Å². The molecule has 0 saturated carbocycles. The Kier molecular flexibility index (Phi) is 5.73. The van der Waals surface area contributed by atoms with Gasteiger partial charge in [-0.2, -0.15) is 5.10 Å². The van der Waals surface area contributed by atoms with Crippen LogP contribution < -0.4 is 10.7 Å². The van der Waals surface area contributed by atoms with Gasteiger partial charge in [0.05, 0.1) is 6.21 Å². The Balaban J connectivity index is 2.40. The van der Waals surface area contributed by atoms with Crippen molar-refractivity contribution in [2.24, 2.45) is 5.10 Å². The maximum absolute atomic E-state index is 11.4. The highest BCUT2D eigenvalue weighted by Gasteiger charge is 2.08. The predicted octanol–water partition coefficient (Wildman–Crippen LogP) is 1.36. The first-order valence-corrected chi connectivity index (χ1v) is 6.15. The number of carbonyl (C=O) groups excluding carboxylic acids is 2. The van der Waals surface area contributed by atoms with Crippen LogP contribution in [-0.4, -0.2) is 24.1 Å². The van der Waals surface area contributed by atoms with E-state index in [-0.39, 0.29) is 18.4 Å². The van der Waals surface area contributed by atoms with Crippen LogP contribution in [0, 0.1) is 6.92 Å². The van der Waals surface area contributed by atoms with Crippen molar-refractivity contribution in [2.45, 2.75) is 33.2 Å². The molecule has 0 saturated heterocycles. The molecule has 2 amide bonds. The number of benzene rings is 1. The maximum atomic E-state index is 11.4. The molecule has 0 aliphatic rings. The molecule has 0 aliphatic heterocycles. The standard InChI is InChI=1S/C14H19N3O2/c1-10(2)16-13(18)8-14(19)17-15-9-12-6-4-5-11(3)7-12/h4-7,9-10H,8H2,1-3H3,(H,16,18)(H,17,19)/b15-9+. The number of nitrogens with zero attached hydrogens (tertiary/aromatic N) is 1. The van der Waals surface area contributed by atoms with Gasteiger partial charge in [-0.25, -0.2) is 5.43 Å². The summed E-state index contributed by atoms with van der Waals surface area (Å²) in [5.74, 6) is -0.736. The molecule has 1 aromatic rings. The molecule has 2 N–H and O–H groups in total. The molecule has 5 heteroatoms. The minimum Gasteiger partial charge on any atom is -0.353 e. The highest BCUT2D eigenvalue weighted by Crippen LogP contribution is 2.00. The average molecular weight is 261 g/mol. The third-order valence-corrected chi connectivity index (χ3v) is 2.22. The minimum atomic E-state index is -0.429. The van der Waals surface area contributed by atoms with Gasteiger partial charge in [0.2, 0.25) is 11.8 Å². The lowest BCUT2D eigenvalue weighted by molar-refractivity contribution is -0.129. The summed E-state index contributed by atoms with van der Waals surface area (Å²) in [5.41, 5.74) is 4.34. The van der Waals surface area contributed by atoms with Crippen LogP contribution in [-0.2, 0) is 9.59 Å². The number of hydrogen-bond acceptors (Lipinski definition) is 3. The topological polar surface area (TPSA) is 70.6 Å². The largest absolute Gasteiger partial charge is 0.353 e. The van der Waals surface area contributed by atoms with Crippen LogP contribution in [0.15, 0.2) is 29.4 Å². The van der Waals surface area contributed by atoms with Crippen molar-refractivity contribution in [1.29, 1.82) is 0 Å². The highest BCUT2D eigenvalue weighted by atomic mass is 16.2. The maximum Gasteiger partial charge on any atom is 0.249 e. The van der Waals surface area contributed by atoms with E-state index in [1.165, 1.54) is 0 Å². The third-order valence-electron chi connectivity index (χ3n) is 2.22. The number of amides is 2. The lowest BCUT2D eigenvalue weighted by Crippen LogP contribution is -2.34. The summed E-state index contributed by atoms with van der Waals surface area (Å²) < 4.78 is 0. The van der Waals surface area contributed by atoms with Gasteiger partial charge >= 0.3 is 0 Å². The summed E-state index contributed by atoms with van der Waals surface area (Å²) in [7, 11) is 0. The van der Waals surface area contributed by atoms with Gasteiger partial charge < -0.3 is 5.32 Å². The summed E-state index contributed by atoms with van der Waals surface area (Å²) >= 11 is 0. The molecule has 1 rings (SSSR count). The molecule has 0 spiro atoms. The quantitative estimate of drug-likeness (QED) is 0.477. The lowest BCUT2D eigenvalue weighted by Gasteiger charge is -2.06. The predicted molar refractivity (Wildman–Crippen MR) is 74.8 cm³/mol. The van der Waals surface area contributed by atoms with E-state index in [0.29, 0.717) is 0 Å². The van der Waals surface area contributed by atoms with Crippen LogP contribution in [0.5, 0.6) is 0 Å². The molecule has 0 aromatic heterocycles. The van der Waals surface area contributed by atoms with Gasteiger partial charge in [0.25, 0.3) is 0 Å². The fourth-order valence-electron chi connectivity index (χ4n) is 1.49. The summed E-state index contributed by atoms with van der Waals surface area (Å²) in [5, 5.41) is 6.45. The molecule has 1 aromatic carbocycles. The van der Waals surface area contributed by atoms with Crippen molar-refractivity contribution >= 4 is 18.0 Å². The Hall–Kier alpha value is -2.17. The molecule has 0 atom stereocenters. The van der Waals surface area contributed by atoms with Gasteiger partial charge in [-0.15, -0.1) is 0 Å². The second-order valence-electron chi connectivity index (χ2n) is 4.61. The van der Waals surface area contributed by atoms with Crippen LogP contribution >= 0.6 is 0 Å². The van der Waals surface area contributed by atoms with Crippen LogP contribution in [0.3, 0.4) is 0 Å². The smallest absolute Gasteiger partial charge is 0.249 e. The van der Waals surface area contributed by atoms with Crippen molar-refractivity contribution in [3.8, 4) is 0 Å². The van der Waals surface area contributed by atoms with E-state index in [1.807, 2.05) is 45.0 Å². The third kappa shape index (κ3) is 6.35. The van der Waals surface area contributed by atoms with E-state index in [1.54, 1.807) is 6.21 Å². The van der Waals surface area contributed by atoms with E-state index in [9.17, 15) is 9.59 Å². The van der Waals surface area contributed by atoms with E-state index >= 15 is 0 Å². The van der Waals surface area contributed by atoms with Crippen molar-refractivity contribution in [1.82, 2.24) is 10.7 Å². The number of nitrogens with one attached hydrogen (secondary N) is 2. The zero-order chi connectivity index (χ0) is 14.3. The minimum absolute atomic E-state index is 0.0242. The average Bonchev–Trinajstić information content (AvgIpc) is 2.27. The van der Waals surface area contributed by atoms with Crippen molar-refractivity contribution in [3.63, 3.8) is 0 Å². The molecule has 102 valence electrons. The summed E-state index contributed by atoms with van der Waals surface area (Å²) in [6.07, 6.45) is 1.33. The molecule has 0 radical (unpaired) electrons. The van der Waals surface area contributed by atoms with Gasteiger partial charge in [0, 0.05) is 6.04 Å². The molecule has 0 fully saturated rings.